The molecule has 0 aliphatic heterocycles. The molecule has 0 amide bonds. The molecule has 0 saturated carbocycles. The van der Waals surface area contributed by atoms with Crippen molar-refractivity contribution in [3.05, 3.63) is 18.2 Å². The molecule has 1 heterocycles. The second-order valence-corrected chi connectivity index (χ2v) is 15.9. The van der Waals surface area contributed by atoms with E-state index in [0.29, 0.717) is 0 Å². The lowest BCUT2D eigenvalue weighted by Crippen LogP contribution is -2.37. The van der Waals surface area contributed by atoms with Gasteiger partial charge in [-0.15, -0.1) is 0 Å². The first-order valence-electron chi connectivity index (χ1n) is 22.9. The summed E-state index contributed by atoms with van der Waals surface area (Å²) in [5.41, 5.74) is 0. The predicted octanol–water partition coefficient (Wildman–Crippen LogP) is 15.8. The van der Waals surface area contributed by atoms with Crippen LogP contribution in [0, 0.1) is 0 Å². The summed E-state index contributed by atoms with van der Waals surface area (Å²) in [6, 6.07) is 0. The Hall–Kier alpha value is -0.790. The van der Waals surface area contributed by atoms with Gasteiger partial charge in [-0.25, -0.2) is 9.13 Å². The van der Waals surface area contributed by atoms with Crippen LogP contribution in [0.15, 0.2) is 12.4 Å². The van der Waals surface area contributed by atoms with Crippen molar-refractivity contribution in [1.29, 1.82) is 0 Å². The third-order valence-electron chi connectivity index (χ3n) is 11.1. The van der Waals surface area contributed by atoms with Crippen molar-refractivity contribution in [2.45, 2.75) is 278 Å². The molecule has 0 aliphatic rings. The lowest BCUT2D eigenvalue weighted by molar-refractivity contribution is -0.704. The Morgan fingerprint density at radius 3 is 1.00 bits per heavy atom. The fourth-order valence-electron chi connectivity index (χ4n) is 7.74. The zero-order valence-electron chi connectivity index (χ0n) is 33.8. The molecule has 0 aromatic carbocycles. The van der Waals surface area contributed by atoms with E-state index in [9.17, 15) is 0 Å². The van der Waals surface area contributed by atoms with Gasteiger partial charge in [0.25, 0.3) is 5.82 Å². The molecule has 1 rings (SSSR count). The van der Waals surface area contributed by atoms with E-state index >= 15 is 0 Å². The third-order valence-corrected chi connectivity index (χ3v) is 11.1. The van der Waals surface area contributed by atoms with Gasteiger partial charge in [-0.1, -0.05) is 226 Å². The summed E-state index contributed by atoms with van der Waals surface area (Å²) in [4.78, 5) is 0. The number of aryl methyl sites for hydroxylation is 2. The van der Waals surface area contributed by atoms with Crippen LogP contribution in [0.4, 0.5) is 0 Å². The minimum Gasteiger partial charge on any atom is -0.234 e. The highest BCUT2D eigenvalue weighted by molar-refractivity contribution is 4.84. The van der Waals surface area contributed by atoms with E-state index in [-0.39, 0.29) is 0 Å². The molecule has 0 fully saturated rings. The molecule has 0 aliphatic carbocycles. The minimum absolute atomic E-state index is 1.23. The van der Waals surface area contributed by atoms with Crippen LogP contribution in [0.3, 0.4) is 0 Å². The zero-order chi connectivity index (χ0) is 34.4. The highest BCUT2D eigenvalue weighted by atomic mass is 15.1. The van der Waals surface area contributed by atoms with E-state index in [1.165, 1.54) is 257 Å². The molecule has 0 unspecified atom stereocenters. The number of hydrogen-bond acceptors (Lipinski definition) is 0. The van der Waals surface area contributed by atoms with Crippen LogP contribution in [0.5, 0.6) is 0 Å². The number of hydrogen-bond donors (Lipinski definition) is 0. The Morgan fingerprint density at radius 1 is 0.354 bits per heavy atom. The quantitative estimate of drug-likeness (QED) is 0.0485. The molecule has 0 bridgehead atoms. The molecular formula is C46H91N2+. The third kappa shape index (κ3) is 29.0. The van der Waals surface area contributed by atoms with Gasteiger partial charge in [0.15, 0.2) is 0 Å². The van der Waals surface area contributed by atoms with Crippen LogP contribution in [0.1, 0.15) is 264 Å². The molecule has 0 radical (unpaired) electrons. The zero-order valence-corrected chi connectivity index (χ0v) is 33.8. The summed E-state index contributed by atoms with van der Waals surface area (Å²) >= 11 is 0. The van der Waals surface area contributed by atoms with Crippen LogP contribution >= 0.6 is 0 Å². The SMILES string of the molecule is CCCCCCCCCCCCCCCCCn1cc[n+](CCCCCCCCCCCCCCC)c1CCCCCCCCCCC. The summed E-state index contributed by atoms with van der Waals surface area (Å²) in [5.74, 6) is 1.63. The molecule has 0 spiro atoms. The van der Waals surface area contributed by atoms with Crippen LogP contribution in [0.2, 0.25) is 0 Å². The van der Waals surface area contributed by atoms with Crippen molar-refractivity contribution < 1.29 is 4.57 Å². The van der Waals surface area contributed by atoms with Gasteiger partial charge >= 0.3 is 0 Å². The van der Waals surface area contributed by atoms with Crippen molar-refractivity contribution in [3.63, 3.8) is 0 Å². The minimum atomic E-state index is 1.23. The van der Waals surface area contributed by atoms with E-state index in [1.54, 1.807) is 5.82 Å². The predicted molar refractivity (Wildman–Crippen MR) is 216 cm³/mol. The number of nitrogens with zero attached hydrogens (tertiary/aromatic N) is 2. The van der Waals surface area contributed by atoms with Crippen molar-refractivity contribution in [1.82, 2.24) is 4.57 Å². The van der Waals surface area contributed by atoms with Gasteiger partial charge in [0.1, 0.15) is 12.4 Å². The maximum atomic E-state index is 2.65. The molecule has 0 atom stereocenters. The topological polar surface area (TPSA) is 8.81 Å². The molecule has 1 aromatic rings. The maximum Gasteiger partial charge on any atom is 0.256 e. The lowest BCUT2D eigenvalue weighted by atomic mass is 10.0. The van der Waals surface area contributed by atoms with E-state index in [0.717, 1.165) is 0 Å². The van der Waals surface area contributed by atoms with Crippen LogP contribution in [-0.2, 0) is 19.5 Å². The summed E-state index contributed by atoms with van der Waals surface area (Å²) in [5, 5.41) is 0. The van der Waals surface area contributed by atoms with E-state index in [2.05, 4.69) is 42.3 Å². The molecule has 284 valence electrons. The molecule has 0 N–H and O–H groups in total. The number of imidazole rings is 1. The Morgan fingerprint density at radius 2 is 0.646 bits per heavy atom. The fourth-order valence-corrected chi connectivity index (χ4v) is 7.74. The van der Waals surface area contributed by atoms with Gasteiger partial charge < -0.3 is 0 Å². The molecule has 2 heteroatoms. The second kappa shape index (κ2) is 37.5. The summed E-state index contributed by atoms with van der Waals surface area (Å²) < 4.78 is 5.30. The fraction of sp³-hybridized carbons (Fsp3) is 0.935. The smallest absolute Gasteiger partial charge is 0.234 e. The largest absolute Gasteiger partial charge is 0.256 e. The van der Waals surface area contributed by atoms with Gasteiger partial charge in [0, 0.05) is 6.42 Å². The van der Waals surface area contributed by atoms with Gasteiger partial charge in [-0.05, 0) is 32.1 Å². The van der Waals surface area contributed by atoms with Gasteiger partial charge in [-0.2, -0.15) is 0 Å². The standard InChI is InChI=1S/C46H91N2/c1-4-7-10-13-16-19-21-23-24-26-28-31-34-37-40-43-48-45-44-47(46(48)41-38-35-32-29-18-15-12-9-6-3)42-39-36-33-30-27-25-22-20-17-14-11-8-5-2/h44-45H,4-43H2,1-3H3/q+1. The van der Waals surface area contributed by atoms with Crippen molar-refractivity contribution in [2.24, 2.45) is 0 Å². The lowest BCUT2D eigenvalue weighted by Gasteiger charge is -2.07. The molecule has 0 saturated heterocycles. The summed E-state index contributed by atoms with van der Waals surface area (Å²) in [6.07, 6.45) is 59.3. The van der Waals surface area contributed by atoms with Crippen LogP contribution in [0.25, 0.3) is 0 Å². The van der Waals surface area contributed by atoms with Gasteiger partial charge in [0.2, 0.25) is 0 Å². The first-order chi connectivity index (χ1) is 23.8. The number of aromatic nitrogens is 2. The highest BCUT2D eigenvalue weighted by Crippen LogP contribution is 2.16. The number of unbranched alkanes of at least 4 members (excludes halogenated alkanes) is 34. The first-order valence-corrected chi connectivity index (χ1v) is 22.9. The van der Waals surface area contributed by atoms with Gasteiger partial charge in [-0.3, -0.25) is 0 Å². The second-order valence-electron chi connectivity index (χ2n) is 15.9. The molecule has 48 heavy (non-hydrogen) atoms. The first kappa shape index (κ1) is 45.2. The Bertz CT molecular complexity index is 736. The van der Waals surface area contributed by atoms with E-state index < -0.39 is 0 Å². The molecular weight excluding hydrogens is 581 g/mol. The summed E-state index contributed by atoms with van der Waals surface area (Å²) in [6.45, 7) is 9.41. The Balaban J connectivity index is 2.25. The van der Waals surface area contributed by atoms with Crippen LogP contribution in [-0.4, -0.2) is 4.57 Å². The normalized spacial score (nSPS) is 11.6. The maximum absolute atomic E-state index is 2.65. The monoisotopic (exact) mass is 672 g/mol. The average Bonchev–Trinajstić information content (AvgIpc) is 3.48. The van der Waals surface area contributed by atoms with E-state index in [1.807, 2.05) is 0 Å². The van der Waals surface area contributed by atoms with Crippen molar-refractivity contribution in [2.75, 3.05) is 0 Å². The summed E-state index contributed by atoms with van der Waals surface area (Å²) in [7, 11) is 0. The van der Waals surface area contributed by atoms with E-state index in [4.69, 9.17) is 0 Å². The highest BCUT2D eigenvalue weighted by Gasteiger charge is 2.16. The van der Waals surface area contributed by atoms with Crippen molar-refractivity contribution in [3.8, 4) is 0 Å². The van der Waals surface area contributed by atoms with Crippen LogP contribution < -0.4 is 4.57 Å². The van der Waals surface area contributed by atoms with Gasteiger partial charge in [0.05, 0.1) is 13.1 Å². The average molecular weight is 672 g/mol. The Labute approximate surface area is 304 Å². The number of rotatable bonds is 40. The van der Waals surface area contributed by atoms with Crippen molar-refractivity contribution >= 4 is 0 Å². The molecule has 1 aromatic heterocycles. The Kier molecular flexibility index (Phi) is 35.3. The molecule has 2 nitrogen and oxygen atoms in total.